The Kier molecular flexibility index (Phi) is 4.40. The van der Waals surface area contributed by atoms with E-state index in [0.717, 1.165) is 0 Å². The number of esters is 2. The molecule has 2 N–H and O–H groups in total. The second-order valence-corrected chi connectivity index (χ2v) is 7.36. The maximum absolute atomic E-state index is 12.5. The van der Waals surface area contributed by atoms with Crippen LogP contribution in [0.2, 0.25) is 0 Å². The molecule has 0 radical (unpaired) electrons. The number of carbonyl (C=O) groups is 3. The van der Waals surface area contributed by atoms with Crippen molar-refractivity contribution in [3.8, 4) is 0 Å². The molecule has 7 heteroatoms. The van der Waals surface area contributed by atoms with Crippen LogP contribution in [0.5, 0.6) is 0 Å². The van der Waals surface area contributed by atoms with E-state index in [1.54, 1.807) is 20.8 Å². The minimum Gasteiger partial charge on any atom is -0.458 e. The van der Waals surface area contributed by atoms with E-state index in [2.05, 4.69) is 0 Å². The molecule has 0 saturated carbocycles. The molecule has 140 valence electrons. The quantitative estimate of drug-likeness (QED) is 0.551. The molecule has 0 aromatic heterocycles. The number of hydrogen-bond acceptors (Lipinski definition) is 7. The molecule has 0 bridgehead atoms. The van der Waals surface area contributed by atoms with Crippen molar-refractivity contribution in [2.45, 2.75) is 58.0 Å². The lowest BCUT2D eigenvalue weighted by Gasteiger charge is -2.34. The zero-order valence-corrected chi connectivity index (χ0v) is 15.1. The third-order valence-corrected chi connectivity index (χ3v) is 5.26. The van der Waals surface area contributed by atoms with Gasteiger partial charge in [0.15, 0.2) is 11.4 Å². The number of aliphatic hydroxyl groups excluding tert-OH is 1. The first kappa shape index (κ1) is 18.5. The Hall–Kier alpha value is -2.25. The molecule has 1 aliphatic heterocycles. The number of aliphatic hydroxyl groups is 2. The molecular formula is C19H22O7. The Morgan fingerprint density at radius 2 is 2.00 bits per heavy atom. The van der Waals surface area contributed by atoms with Crippen molar-refractivity contribution in [3.63, 3.8) is 0 Å². The molecule has 3 aliphatic rings. The van der Waals surface area contributed by atoms with Crippen LogP contribution in [0, 0.1) is 5.92 Å². The van der Waals surface area contributed by atoms with Gasteiger partial charge >= 0.3 is 11.9 Å². The van der Waals surface area contributed by atoms with Gasteiger partial charge in [-0.05, 0) is 44.9 Å². The maximum Gasteiger partial charge on any atom is 0.331 e. The van der Waals surface area contributed by atoms with Gasteiger partial charge in [0, 0.05) is 17.6 Å². The van der Waals surface area contributed by atoms with Crippen molar-refractivity contribution in [2.75, 3.05) is 0 Å². The van der Waals surface area contributed by atoms with Crippen LogP contribution >= 0.6 is 0 Å². The lowest BCUT2D eigenvalue weighted by Crippen LogP contribution is -2.49. The van der Waals surface area contributed by atoms with Gasteiger partial charge in [-0.15, -0.1) is 0 Å². The third kappa shape index (κ3) is 2.62. The molecule has 7 nitrogen and oxygen atoms in total. The Morgan fingerprint density at radius 1 is 1.35 bits per heavy atom. The smallest absolute Gasteiger partial charge is 0.331 e. The van der Waals surface area contributed by atoms with Gasteiger partial charge in [0.2, 0.25) is 0 Å². The molecule has 0 spiro atoms. The molecule has 1 saturated heterocycles. The summed E-state index contributed by atoms with van der Waals surface area (Å²) in [7, 11) is 0. The van der Waals surface area contributed by atoms with E-state index in [4.69, 9.17) is 9.47 Å². The number of hydrogen-bond donors (Lipinski definition) is 2. The number of carbonyl (C=O) groups excluding carboxylic acids is 3. The number of ether oxygens (including phenoxy) is 2. The van der Waals surface area contributed by atoms with Gasteiger partial charge in [-0.1, -0.05) is 5.57 Å². The van der Waals surface area contributed by atoms with E-state index < -0.39 is 47.6 Å². The summed E-state index contributed by atoms with van der Waals surface area (Å²) in [6.45, 7) is 6.56. The Bertz CT molecular complexity index is 784. The van der Waals surface area contributed by atoms with E-state index in [1.165, 1.54) is 19.1 Å². The summed E-state index contributed by atoms with van der Waals surface area (Å²) >= 11 is 0. The highest BCUT2D eigenvalue weighted by Crippen LogP contribution is 2.49. The fraction of sp³-hybridized carbons (Fsp3) is 0.526. The molecule has 1 fully saturated rings. The predicted molar refractivity (Wildman–Crippen MR) is 89.7 cm³/mol. The topological polar surface area (TPSA) is 110 Å². The van der Waals surface area contributed by atoms with Gasteiger partial charge in [0.25, 0.3) is 0 Å². The molecule has 0 amide bonds. The van der Waals surface area contributed by atoms with Crippen LogP contribution in [0.25, 0.3) is 0 Å². The zero-order chi connectivity index (χ0) is 19.4. The fourth-order valence-corrected chi connectivity index (χ4v) is 4.07. The van der Waals surface area contributed by atoms with Gasteiger partial charge in [-0.25, -0.2) is 4.79 Å². The lowest BCUT2D eigenvalue weighted by molar-refractivity contribution is -0.153. The average molecular weight is 362 g/mol. The monoisotopic (exact) mass is 362 g/mol. The third-order valence-electron chi connectivity index (χ3n) is 5.26. The first-order chi connectivity index (χ1) is 12.1. The van der Waals surface area contributed by atoms with Gasteiger partial charge in [0.1, 0.15) is 18.3 Å². The molecule has 0 unspecified atom stereocenters. The second-order valence-electron chi connectivity index (χ2n) is 7.36. The predicted octanol–water partition coefficient (Wildman–Crippen LogP) is 0.747. The van der Waals surface area contributed by atoms with Gasteiger partial charge in [-0.3, -0.25) is 9.59 Å². The van der Waals surface area contributed by atoms with Crippen molar-refractivity contribution in [3.05, 3.63) is 34.4 Å². The minimum absolute atomic E-state index is 0.00579. The van der Waals surface area contributed by atoms with Crippen LogP contribution in [0.4, 0.5) is 0 Å². The largest absolute Gasteiger partial charge is 0.458 e. The normalized spacial score (nSPS) is 36.0. The minimum atomic E-state index is -1.82. The standard InChI is InChI=1S/C19H22O7/c1-8(2)5-13(21)25-17-10(4)15-12(20)6-9(3)19(15,24)18-11(16(17)23)7-14(22)26-18/h5-6,11,16-18,23-24H,7H2,1-4H3/t11-,16-,17-,18+,19-/m1/s1. The number of ketones is 1. The highest BCUT2D eigenvalue weighted by Gasteiger charge is 2.61. The van der Waals surface area contributed by atoms with E-state index in [1.807, 2.05) is 0 Å². The average Bonchev–Trinajstić information content (AvgIpc) is 3.00. The van der Waals surface area contributed by atoms with Crippen molar-refractivity contribution >= 4 is 17.7 Å². The summed E-state index contributed by atoms with van der Waals surface area (Å²) in [5, 5.41) is 22.1. The van der Waals surface area contributed by atoms with E-state index in [9.17, 15) is 24.6 Å². The van der Waals surface area contributed by atoms with Crippen LogP contribution in [-0.2, 0) is 23.9 Å². The van der Waals surface area contributed by atoms with Gasteiger partial charge < -0.3 is 19.7 Å². The molecule has 2 aliphatic carbocycles. The van der Waals surface area contributed by atoms with Crippen LogP contribution in [0.15, 0.2) is 34.4 Å². The summed E-state index contributed by atoms with van der Waals surface area (Å²) in [5.41, 5.74) is -0.502. The Morgan fingerprint density at radius 3 is 2.62 bits per heavy atom. The summed E-state index contributed by atoms with van der Waals surface area (Å²) < 4.78 is 10.7. The molecule has 5 atom stereocenters. The van der Waals surface area contributed by atoms with Crippen molar-refractivity contribution in [1.82, 2.24) is 0 Å². The summed E-state index contributed by atoms with van der Waals surface area (Å²) in [4.78, 5) is 36.5. The first-order valence-corrected chi connectivity index (χ1v) is 8.47. The van der Waals surface area contributed by atoms with E-state index >= 15 is 0 Å². The van der Waals surface area contributed by atoms with Crippen LogP contribution in [-0.4, -0.2) is 51.8 Å². The summed E-state index contributed by atoms with van der Waals surface area (Å²) in [6, 6.07) is 0. The number of allylic oxidation sites excluding steroid dienone is 2. The molecular weight excluding hydrogens is 340 g/mol. The van der Waals surface area contributed by atoms with Crippen LogP contribution in [0.3, 0.4) is 0 Å². The van der Waals surface area contributed by atoms with Crippen molar-refractivity contribution in [1.29, 1.82) is 0 Å². The van der Waals surface area contributed by atoms with Crippen LogP contribution < -0.4 is 0 Å². The molecule has 26 heavy (non-hydrogen) atoms. The molecule has 3 rings (SSSR count). The molecule has 0 aromatic rings. The van der Waals surface area contributed by atoms with Gasteiger partial charge in [-0.2, -0.15) is 0 Å². The number of fused-ring (bicyclic) bond motifs is 3. The molecule has 1 heterocycles. The Balaban J connectivity index is 2.13. The first-order valence-electron chi connectivity index (χ1n) is 8.47. The van der Waals surface area contributed by atoms with Crippen LogP contribution in [0.1, 0.15) is 34.1 Å². The van der Waals surface area contributed by atoms with E-state index in [0.29, 0.717) is 11.1 Å². The Labute approximate surface area is 151 Å². The summed E-state index contributed by atoms with van der Waals surface area (Å²) in [6.07, 6.45) is -1.13. The van der Waals surface area contributed by atoms with Crippen molar-refractivity contribution in [2.24, 2.45) is 5.92 Å². The van der Waals surface area contributed by atoms with E-state index in [-0.39, 0.29) is 17.6 Å². The number of rotatable bonds is 2. The van der Waals surface area contributed by atoms with Crippen molar-refractivity contribution < 1.29 is 34.1 Å². The molecule has 0 aromatic carbocycles. The maximum atomic E-state index is 12.5. The lowest BCUT2D eigenvalue weighted by atomic mass is 9.79. The zero-order valence-electron chi connectivity index (χ0n) is 15.1. The SMILES string of the molecule is CC(C)=CC(=O)O[C@@H]1C(C)=C2C(=O)C=C(C)[C@]2(O)[C@H]2OC(=O)C[C@@H]2[C@H]1O. The highest BCUT2D eigenvalue weighted by atomic mass is 16.6. The highest BCUT2D eigenvalue weighted by molar-refractivity contribution is 6.11. The fourth-order valence-electron chi connectivity index (χ4n) is 4.07. The summed E-state index contributed by atoms with van der Waals surface area (Å²) in [5.74, 6) is -2.50. The second kappa shape index (κ2) is 6.17. The van der Waals surface area contributed by atoms with Gasteiger partial charge in [0.05, 0.1) is 6.42 Å².